The van der Waals surface area contributed by atoms with Crippen molar-refractivity contribution < 1.29 is 9.53 Å². The van der Waals surface area contributed by atoms with Crippen LogP contribution in [-0.4, -0.2) is 42.1 Å². The minimum Gasteiger partial charge on any atom is -0.377 e. The Balaban J connectivity index is 1.53. The number of amides is 1. The number of carbonyl (C=O) groups excluding carboxylic acids is 1. The maximum Gasteiger partial charge on any atom is 0.234 e. The minimum absolute atomic E-state index is 0.0551. The zero-order valence-corrected chi connectivity index (χ0v) is 14.0. The molecule has 1 amide bonds. The van der Waals surface area contributed by atoms with Crippen LogP contribution < -0.4 is 5.73 Å². The van der Waals surface area contributed by atoms with Gasteiger partial charge in [0.1, 0.15) is 0 Å². The van der Waals surface area contributed by atoms with Crippen LogP contribution in [-0.2, 0) is 9.53 Å². The first-order chi connectivity index (χ1) is 10.7. The highest BCUT2D eigenvalue weighted by Gasteiger charge is 2.44. The van der Waals surface area contributed by atoms with Gasteiger partial charge in [-0.15, -0.1) is 0 Å². The molecule has 0 aromatic rings. The van der Waals surface area contributed by atoms with Crippen LogP contribution in [0.25, 0.3) is 0 Å². The second-order valence-corrected chi connectivity index (χ2v) is 7.67. The van der Waals surface area contributed by atoms with Gasteiger partial charge in [0, 0.05) is 12.6 Å². The molecule has 2 N–H and O–H groups in total. The molecule has 1 heterocycles. The number of nitrogens with two attached hydrogens (primary N) is 1. The molecule has 2 saturated carbocycles. The molecule has 3 rings (SSSR count). The fourth-order valence-corrected chi connectivity index (χ4v) is 4.99. The lowest BCUT2D eigenvalue weighted by atomic mass is 9.85. The third kappa shape index (κ3) is 3.48. The standard InChI is InChI=1S/C18H32N2O2/c1-13-6-2-5-9-17(13)22-11-10-20-15-8-4-3-7-14(15)12-16(20)18(19)21/h13-17H,2-12H2,1H3,(H2,19,21)/t13-,14-,15-,16+,17+/m1/s1. The number of rotatable bonds is 5. The highest BCUT2D eigenvalue weighted by molar-refractivity contribution is 5.80. The molecule has 126 valence electrons. The Bertz CT molecular complexity index is 387. The van der Waals surface area contributed by atoms with Crippen LogP contribution in [0.4, 0.5) is 0 Å². The number of ether oxygens (including phenoxy) is 1. The monoisotopic (exact) mass is 308 g/mol. The molecular weight excluding hydrogens is 276 g/mol. The van der Waals surface area contributed by atoms with E-state index < -0.39 is 0 Å². The summed E-state index contributed by atoms with van der Waals surface area (Å²) in [5, 5.41) is 0. The van der Waals surface area contributed by atoms with Crippen LogP contribution >= 0.6 is 0 Å². The fourth-order valence-electron chi connectivity index (χ4n) is 4.99. The number of fused-ring (bicyclic) bond motifs is 1. The molecule has 0 bridgehead atoms. The van der Waals surface area contributed by atoms with Crippen molar-refractivity contribution in [3.8, 4) is 0 Å². The normalized spacial score (nSPS) is 39.6. The summed E-state index contributed by atoms with van der Waals surface area (Å²) in [4.78, 5) is 14.2. The summed E-state index contributed by atoms with van der Waals surface area (Å²) in [6.45, 7) is 3.93. The summed E-state index contributed by atoms with van der Waals surface area (Å²) in [7, 11) is 0. The molecule has 4 nitrogen and oxygen atoms in total. The number of hydrogen-bond donors (Lipinski definition) is 1. The lowest BCUT2D eigenvalue weighted by molar-refractivity contribution is -0.123. The van der Waals surface area contributed by atoms with E-state index >= 15 is 0 Å². The van der Waals surface area contributed by atoms with Crippen molar-refractivity contribution in [1.29, 1.82) is 0 Å². The van der Waals surface area contributed by atoms with Gasteiger partial charge in [-0.2, -0.15) is 0 Å². The average molecular weight is 308 g/mol. The van der Waals surface area contributed by atoms with E-state index in [1.807, 2.05) is 0 Å². The maximum absolute atomic E-state index is 11.8. The Morgan fingerprint density at radius 3 is 2.64 bits per heavy atom. The lowest BCUT2D eigenvalue weighted by Gasteiger charge is -2.34. The van der Waals surface area contributed by atoms with Gasteiger partial charge in [0.05, 0.1) is 18.8 Å². The van der Waals surface area contributed by atoms with Crippen molar-refractivity contribution in [1.82, 2.24) is 4.90 Å². The summed E-state index contributed by atoms with van der Waals surface area (Å²) in [5.74, 6) is 1.22. The van der Waals surface area contributed by atoms with E-state index in [0.717, 1.165) is 19.6 Å². The lowest BCUT2D eigenvalue weighted by Crippen LogP contribution is -2.46. The first-order valence-electron chi connectivity index (χ1n) is 9.33. The van der Waals surface area contributed by atoms with E-state index in [4.69, 9.17) is 10.5 Å². The van der Waals surface area contributed by atoms with Gasteiger partial charge in [-0.05, 0) is 43.9 Å². The molecule has 1 saturated heterocycles. The van der Waals surface area contributed by atoms with E-state index in [1.165, 1.54) is 51.4 Å². The molecule has 0 radical (unpaired) electrons. The quantitative estimate of drug-likeness (QED) is 0.849. The van der Waals surface area contributed by atoms with E-state index in [2.05, 4.69) is 11.8 Å². The molecule has 0 aromatic carbocycles. The summed E-state index contributed by atoms with van der Waals surface area (Å²) >= 11 is 0. The van der Waals surface area contributed by atoms with Gasteiger partial charge in [-0.1, -0.05) is 32.6 Å². The first-order valence-corrected chi connectivity index (χ1v) is 9.33. The zero-order valence-electron chi connectivity index (χ0n) is 14.0. The van der Waals surface area contributed by atoms with Gasteiger partial charge in [0.2, 0.25) is 5.91 Å². The van der Waals surface area contributed by atoms with Crippen LogP contribution in [0, 0.1) is 11.8 Å². The summed E-state index contributed by atoms with van der Waals surface area (Å²) < 4.78 is 6.17. The van der Waals surface area contributed by atoms with Crippen molar-refractivity contribution in [3.63, 3.8) is 0 Å². The molecule has 0 spiro atoms. The third-order valence-corrected chi connectivity index (χ3v) is 6.26. The molecule has 0 aromatic heterocycles. The third-order valence-electron chi connectivity index (χ3n) is 6.26. The molecular formula is C18H32N2O2. The molecule has 0 unspecified atom stereocenters. The second-order valence-electron chi connectivity index (χ2n) is 7.67. The number of carbonyl (C=O) groups is 1. The van der Waals surface area contributed by atoms with E-state index in [9.17, 15) is 4.79 Å². The SMILES string of the molecule is C[C@@H]1CCCC[C@@H]1OCCN1[C@@H]2CCCC[C@@H]2C[C@H]1C(N)=O. The highest BCUT2D eigenvalue weighted by atomic mass is 16.5. The molecule has 3 fully saturated rings. The highest BCUT2D eigenvalue weighted by Crippen LogP contribution is 2.39. The smallest absolute Gasteiger partial charge is 0.234 e. The second kappa shape index (κ2) is 7.31. The fraction of sp³-hybridized carbons (Fsp3) is 0.944. The zero-order chi connectivity index (χ0) is 15.5. The van der Waals surface area contributed by atoms with Crippen LogP contribution in [0.3, 0.4) is 0 Å². The predicted molar refractivity (Wildman–Crippen MR) is 87.4 cm³/mol. The molecule has 22 heavy (non-hydrogen) atoms. The van der Waals surface area contributed by atoms with Crippen LogP contribution in [0.15, 0.2) is 0 Å². The van der Waals surface area contributed by atoms with Crippen molar-refractivity contribution in [3.05, 3.63) is 0 Å². The van der Waals surface area contributed by atoms with Crippen molar-refractivity contribution >= 4 is 5.91 Å². The Kier molecular flexibility index (Phi) is 5.40. The minimum atomic E-state index is -0.138. The average Bonchev–Trinajstić information content (AvgIpc) is 2.88. The van der Waals surface area contributed by atoms with Gasteiger partial charge in [0.15, 0.2) is 0 Å². The van der Waals surface area contributed by atoms with E-state index in [0.29, 0.717) is 24.0 Å². The van der Waals surface area contributed by atoms with E-state index in [1.54, 1.807) is 0 Å². The Morgan fingerprint density at radius 1 is 1.14 bits per heavy atom. The maximum atomic E-state index is 11.8. The van der Waals surface area contributed by atoms with E-state index in [-0.39, 0.29) is 11.9 Å². The van der Waals surface area contributed by atoms with Gasteiger partial charge in [-0.25, -0.2) is 0 Å². The molecule has 5 atom stereocenters. The van der Waals surface area contributed by atoms with Gasteiger partial charge >= 0.3 is 0 Å². The van der Waals surface area contributed by atoms with Gasteiger partial charge in [0.25, 0.3) is 0 Å². The summed E-state index contributed by atoms with van der Waals surface area (Å²) in [5.41, 5.74) is 5.66. The first kappa shape index (κ1) is 16.3. The molecule has 4 heteroatoms. The van der Waals surface area contributed by atoms with Gasteiger partial charge in [-0.3, -0.25) is 9.69 Å². The van der Waals surface area contributed by atoms with Crippen molar-refractivity contribution in [2.45, 2.75) is 82.9 Å². The Morgan fingerprint density at radius 2 is 1.86 bits per heavy atom. The largest absolute Gasteiger partial charge is 0.377 e. The Hall–Kier alpha value is -0.610. The topological polar surface area (TPSA) is 55.6 Å². The number of likely N-dealkylation sites (tertiary alicyclic amines) is 1. The van der Waals surface area contributed by atoms with Crippen LogP contribution in [0.1, 0.15) is 64.7 Å². The van der Waals surface area contributed by atoms with Crippen LogP contribution in [0.2, 0.25) is 0 Å². The van der Waals surface area contributed by atoms with Crippen molar-refractivity contribution in [2.75, 3.05) is 13.2 Å². The molecule has 1 aliphatic heterocycles. The van der Waals surface area contributed by atoms with Crippen molar-refractivity contribution in [2.24, 2.45) is 17.6 Å². The van der Waals surface area contributed by atoms with Crippen LogP contribution in [0.5, 0.6) is 0 Å². The summed E-state index contributed by atoms with van der Waals surface area (Å²) in [6.07, 6.45) is 11.6. The van der Waals surface area contributed by atoms with Gasteiger partial charge < -0.3 is 10.5 Å². The molecule has 3 aliphatic rings. The summed E-state index contributed by atoms with van der Waals surface area (Å²) in [6, 6.07) is 0.513. The molecule has 2 aliphatic carbocycles. The predicted octanol–water partition coefficient (Wildman–Crippen LogP) is 2.70. The number of hydrogen-bond acceptors (Lipinski definition) is 3. The number of primary amides is 1. The number of nitrogens with zero attached hydrogens (tertiary/aromatic N) is 1. The Labute approximate surface area is 134 Å².